The van der Waals surface area contributed by atoms with Gasteiger partial charge in [0.25, 0.3) is 5.91 Å². The molecule has 2 aromatic carbocycles. The first-order valence-electron chi connectivity index (χ1n) is 13.3. The molecule has 1 amide bonds. The topological polar surface area (TPSA) is 88.1 Å². The fourth-order valence-electron chi connectivity index (χ4n) is 5.45. The lowest BCUT2D eigenvalue weighted by atomic mass is 10.1. The second-order valence-electron chi connectivity index (χ2n) is 10.0. The van der Waals surface area contributed by atoms with Crippen LogP contribution in [0.5, 0.6) is 11.5 Å². The van der Waals surface area contributed by atoms with Crippen LogP contribution in [-0.4, -0.2) is 85.8 Å². The van der Waals surface area contributed by atoms with E-state index in [0.717, 1.165) is 58.2 Å². The lowest BCUT2D eigenvalue weighted by molar-refractivity contribution is 0.0398. The van der Waals surface area contributed by atoms with Crippen molar-refractivity contribution in [2.24, 2.45) is 0 Å². The van der Waals surface area contributed by atoms with E-state index in [0.29, 0.717) is 46.2 Å². The summed E-state index contributed by atoms with van der Waals surface area (Å²) in [4.78, 5) is 31.6. The molecule has 0 saturated carbocycles. The van der Waals surface area contributed by atoms with Crippen LogP contribution in [-0.2, 0) is 4.74 Å². The van der Waals surface area contributed by atoms with Crippen molar-refractivity contribution < 1.29 is 14.3 Å². The molecule has 200 valence electrons. The first kappa shape index (κ1) is 25.2. The third-order valence-corrected chi connectivity index (χ3v) is 7.72. The average molecular weight is 538 g/mol. The number of anilines is 1. The number of benzene rings is 2. The van der Waals surface area contributed by atoms with Gasteiger partial charge in [0.05, 0.1) is 24.3 Å². The summed E-state index contributed by atoms with van der Waals surface area (Å²) in [5, 5.41) is 7.36. The Balaban J connectivity index is 1.33. The van der Waals surface area contributed by atoms with Crippen molar-refractivity contribution in [3.63, 3.8) is 0 Å². The largest absolute Gasteiger partial charge is 0.453 e. The number of amides is 1. The monoisotopic (exact) mass is 537 g/mol. The predicted molar refractivity (Wildman–Crippen MR) is 148 cm³/mol. The number of aromatic nitrogens is 1. The number of nitrogens with one attached hydrogen (secondary N) is 2. The maximum absolute atomic E-state index is 13.7. The van der Waals surface area contributed by atoms with Gasteiger partial charge in [-0.3, -0.25) is 14.5 Å². The van der Waals surface area contributed by atoms with Gasteiger partial charge in [0.15, 0.2) is 11.5 Å². The van der Waals surface area contributed by atoms with E-state index in [9.17, 15) is 9.59 Å². The fourth-order valence-corrected chi connectivity index (χ4v) is 5.62. The van der Waals surface area contributed by atoms with Crippen LogP contribution in [0.2, 0.25) is 5.02 Å². The number of fused-ring (bicyclic) bond motifs is 2. The summed E-state index contributed by atoms with van der Waals surface area (Å²) in [5.41, 5.74) is 1.87. The first-order chi connectivity index (χ1) is 18.6. The third-order valence-electron chi connectivity index (χ3n) is 7.48. The molecular formula is C28H32ClN5O4. The smallest absolute Gasteiger partial charge is 0.256 e. The number of carbonyl (C=O) groups excluding carboxylic acids is 1. The Labute approximate surface area is 226 Å². The lowest BCUT2D eigenvalue weighted by Gasteiger charge is -2.27. The molecule has 0 radical (unpaired) electrons. The summed E-state index contributed by atoms with van der Waals surface area (Å²) in [6.07, 6.45) is 4.00. The quantitative estimate of drug-likeness (QED) is 0.356. The minimum absolute atomic E-state index is 0.100. The minimum Gasteiger partial charge on any atom is -0.453 e. The highest BCUT2D eigenvalue weighted by atomic mass is 35.5. The normalized spacial score (nSPS) is 17.3. The maximum Gasteiger partial charge on any atom is 0.256 e. The first-order valence-corrected chi connectivity index (χ1v) is 13.7. The summed E-state index contributed by atoms with van der Waals surface area (Å²) in [6, 6.07) is 9.08. The number of morpholine rings is 1. The SMILES string of the molecule is O=C(NCCN1CCCC1)c1cn2c3c(cc(NCCN4CCOCC4)cc3c1=O)Oc1ccc(Cl)cc1-2. The molecule has 0 unspecified atom stereocenters. The number of hydrogen-bond donors (Lipinski definition) is 2. The van der Waals surface area contributed by atoms with Crippen LogP contribution in [0.15, 0.2) is 41.3 Å². The van der Waals surface area contributed by atoms with E-state index in [2.05, 4.69) is 20.4 Å². The Hall–Kier alpha value is -3.11. The van der Waals surface area contributed by atoms with Gasteiger partial charge in [0.1, 0.15) is 11.1 Å². The number of carbonyl (C=O) groups is 1. The molecule has 2 fully saturated rings. The van der Waals surface area contributed by atoms with Gasteiger partial charge in [-0.15, -0.1) is 0 Å². The van der Waals surface area contributed by atoms with E-state index >= 15 is 0 Å². The van der Waals surface area contributed by atoms with Gasteiger partial charge in [-0.2, -0.15) is 0 Å². The Morgan fingerprint density at radius 3 is 2.53 bits per heavy atom. The highest BCUT2D eigenvalue weighted by Crippen LogP contribution is 2.42. The highest BCUT2D eigenvalue weighted by Gasteiger charge is 2.25. The number of ether oxygens (including phenoxy) is 2. The van der Waals surface area contributed by atoms with E-state index in [1.165, 1.54) is 12.8 Å². The van der Waals surface area contributed by atoms with Crippen LogP contribution >= 0.6 is 11.6 Å². The Morgan fingerprint density at radius 2 is 1.71 bits per heavy atom. The van der Waals surface area contributed by atoms with Crippen molar-refractivity contribution in [1.29, 1.82) is 0 Å². The molecule has 6 rings (SSSR count). The van der Waals surface area contributed by atoms with Gasteiger partial charge >= 0.3 is 0 Å². The van der Waals surface area contributed by atoms with Gasteiger partial charge in [-0.1, -0.05) is 11.6 Å². The zero-order valence-electron chi connectivity index (χ0n) is 21.3. The van der Waals surface area contributed by atoms with Gasteiger partial charge in [0, 0.05) is 62.2 Å². The Bertz CT molecular complexity index is 1410. The molecule has 0 bridgehead atoms. The van der Waals surface area contributed by atoms with Crippen molar-refractivity contribution >= 4 is 34.1 Å². The summed E-state index contributed by atoms with van der Waals surface area (Å²) < 4.78 is 13.5. The van der Waals surface area contributed by atoms with Crippen molar-refractivity contribution in [1.82, 2.24) is 19.7 Å². The third kappa shape index (κ3) is 5.11. The van der Waals surface area contributed by atoms with Gasteiger partial charge < -0.3 is 29.6 Å². The molecule has 9 nitrogen and oxygen atoms in total. The van der Waals surface area contributed by atoms with Gasteiger partial charge in [-0.25, -0.2) is 0 Å². The molecule has 2 saturated heterocycles. The molecule has 38 heavy (non-hydrogen) atoms. The minimum atomic E-state index is -0.373. The van der Waals surface area contributed by atoms with Crippen LogP contribution in [0, 0.1) is 0 Å². The molecule has 0 aliphatic carbocycles. The van der Waals surface area contributed by atoms with Crippen molar-refractivity contribution in [2.75, 3.05) is 70.9 Å². The molecule has 4 heterocycles. The van der Waals surface area contributed by atoms with E-state index in [-0.39, 0.29) is 16.9 Å². The molecular weight excluding hydrogens is 506 g/mol. The van der Waals surface area contributed by atoms with Crippen molar-refractivity contribution in [3.05, 3.63) is 57.3 Å². The molecule has 3 aliphatic rings. The molecule has 3 aromatic rings. The van der Waals surface area contributed by atoms with Crippen LogP contribution in [0.25, 0.3) is 16.6 Å². The summed E-state index contributed by atoms with van der Waals surface area (Å²) >= 11 is 6.31. The molecule has 10 heteroatoms. The maximum atomic E-state index is 13.7. The molecule has 0 atom stereocenters. The van der Waals surface area contributed by atoms with Crippen LogP contribution in [0.1, 0.15) is 23.2 Å². The van der Waals surface area contributed by atoms with Crippen LogP contribution in [0.3, 0.4) is 0 Å². The summed E-state index contributed by atoms with van der Waals surface area (Å²) in [5.74, 6) is 0.796. The zero-order valence-corrected chi connectivity index (χ0v) is 22.1. The van der Waals surface area contributed by atoms with Crippen LogP contribution in [0.4, 0.5) is 5.69 Å². The fraction of sp³-hybridized carbons (Fsp3) is 0.429. The molecule has 3 aliphatic heterocycles. The second-order valence-corrected chi connectivity index (χ2v) is 10.4. The number of pyridine rings is 1. The van der Waals surface area contributed by atoms with E-state index in [1.54, 1.807) is 24.4 Å². The lowest BCUT2D eigenvalue weighted by Crippen LogP contribution is -2.39. The van der Waals surface area contributed by atoms with Gasteiger partial charge in [0.2, 0.25) is 5.43 Å². The van der Waals surface area contributed by atoms with E-state index < -0.39 is 0 Å². The predicted octanol–water partition coefficient (Wildman–Crippen LogP) is 3.32. The number of rotatable bonds is 8. The Morgan fingerprint density at radius 1 is 0.947 bits per heavy atom. The van der Waals surface area contributed by atoms with E-state index in [1.807, 2.05) is 16.7 Å². The Kier molecular flexibility index (Phi) is 7.25. The summed E-state index contributed by atoms with van der Waals surface area (Å²) in [6.45, 7) is 8.28. The summed E-state index contributed by atoms with van der Waals surface area (Å²) in [7, 11) is 0. The number of hydrogen-bond acceptors (Lipinski definition) is 7. The second kappa shape index (κ2) is 10.9. The van der Waals surface area contributed by atoms with Crippen molar-refractivity contribution in [2.45, 2.75) is 12.8 Å². The molecule has 1 aromatic heterocycles. The number of nitrogens with zero attached hydrogens (tertiary/aromatic N) is 3. The van der Waals surface area contributed by atoms with E-state index in [4.69, 9.17) is 21.1 Å². The van der Waals surface area contributed by atoms with Crippen LogP contribution < -0.4 is 20.8 Å². The van der Waals surface area contributed by atoms with Crippen molar-refractivity contribution in [3.8, 4) is 17.2 Å². The number of likely N-dealkylation sites (tertiary alicyclic amines) is 1. The van der Waals surface area contributed by atoms with Gasteiger partial charge in [-0.05, 0) is 50.2 Å². The standard InChI is InChI=1S/C28H32ClN5O4/c29-19-3-4-24-23(15-19)34-18-22(28(36)31-6-10-32-7-1-2-8-32)27(35)21-16-20(17-25(38-24)26(21)34)30-5-9-33-11-13-37-14-12-33/h3-4,15-18,30H,1-2,5-14H2,(H,31,36). The number of halogens is 1. The average Bonchev–Trinajstić information content (AvgIpc) is 3.44. The molecule has 2 N–H and O–H groups in total. The highest BCUT2D eigenvalue weighted by molar-refractivity contribution is 6.30. The zero-order chi connectivity index (χ0) is 26.1. The molecule has 0 spiro atoms.